The van der Waals surface area contributed by atoms with Gasteiger partial charge in [0, 0.05) is 18.5 Å². The zero-order chi connectivity index (χ0) is 18.9. The first-order valence-corrected chi connectivity index (χ1v) is 9.68. The van der Waals surface area contributed by atoms with Crippen molar-refractivity contribution >= 4 is 11.6 Å². The molecule has 1 spiro atoms. The molecular weight excluding hydrogens is 344 g/mol. The first kappa shape index (κ1) is 17.4. The van der Waals surface area contributed by atoms with Gasteiger partial charge in [-0.3, -0.25) is 14.5 Å². The normalized spacial score (nSPS) is 42.1. The number of amides is 1. The standard InChI is InChI=1S/C21H26N2O4/c1-4-12-10-22(2)18-14-11-27-17(9-13(12)14)21(19(18)24)15-7-5-6-8-16(15)23(26-3)20(21)25/h4-8,13-14,17-19,24H,9-11H2,1-3H3/b12-4+/t13-,14-,17+,18-,19+,21-/m0/s1. The number of aliphatic hydroxyl groups is 1. The summed E-state index contributed by atoms with van der Waals surface area (Å²) >= 11 is 0. The van der Waals surface area contributed by atoms with Gasteiger partial charge in [-0.25, -0.2) is 0 Å². The summed E-state index contributed by atoms with van der Waals surface area (Å²) in [5, 5.41) is 13.1. The molecule has 4 aliphatic heterocycles. The maximum absolute atomic E-state index is 13.7. The number of hydroxylamine groups is 1. The lowest BCUT2D eigenvalue weighted by molar-refractivity contribution is -0.143. The zero-order valence-electron chi connectivity index (χ0n) is 16.0. The molecule has 6 heteroatoms. The number of rotatable bonds is 1. The van der Waals surface area contributed by atoms with Crippen molar-refractivity contribution in [3.05, 3.63) is 41.5 Å². The summed E-state index contributed by atoms with van der Waals surface area (Å²) in [4.78, 5) is 21.3. The Balaban J connectivity index is 1.75. The van der Waals surface area contributed by atoms with Crippen LogP contribution in [0.5, 0.6) is 0 Å². The molecular formula is C21H26N2O4. The minimum absolute atomic E-state index is 0.125. The number of hydrogen-bond donors (Lipinski definition) is 1. The van der Waals surface area contributed by atoms with Crippen LogP contribution in [0.2, 0.25) is 0 Å². The molecule has 0 aromatic heterocycles. The van der Waals surface area contributed by atoms with E-state index < -0.39 is 11.5 Å². The van der Waals surface area contributed by atoms with Gasteiger partial charge in [-0.1, -0.05) is 29.8 Å². The lowest BCUT2D eigenvalue weighted by Crippen LogP contribution is -2.61. The van der Waals surface area contributed by atoms with Crippen molar-refractivity contribution in [2.75, 3.05) is 32.4 Å². The molecule has 0 unspecified atom stereocenters. The number of carbonyl (C=O) groups is 1. The quantitative estimate of drug-likeness (QED) is 0.759. The molecule has 6 nitrogen and oxygen atoms in total. The number of piperidine rings is 1. The van der Waals surface area contributed by atoms with Crippen LogP contribution in [0.4, 0.5) is 5.69 Å². The number of para-hydroxylation sites is 1. The number of fused-ring (bicyclic) bond motifs is 2. The Morgan fingerprint density at radius 1 is 1.37 bits per heavy atom. The second kappa shape index (κ2) is 5.88. The van der Waals surface area contributed by atoms with Crippen LogP contribution in [-0.2, 0) is 19.8 Å². The van der Waals surface area contributed by atoms with Gasteiger partial charge in [0.1, 0.15) is 5.41 Å². The highest BCUT2D eigenvalue weighted by molar-refractivity contribution is 6.08. The Hall–Kier alpha value is -1.73. The van der Waals surface area contributed by atoms with Gasteiger partial charge in [0.2, 0.25) is 0 Å². The van der Waals surface area contributed by atoms with E-state index in [1.165, 1.54) is 17.7 Å². The third-order valence-corrected chi connectivity index (χ3v) is 7.29. The molecule has 27 heavy (non-hydrogen) atoms. The minimum atomic E-state index is -1.13. The van der Waals surface area contributed by atoms with E-state index in [4.69, 9.17) is 9.57 Å². The van der Waals surface area contributed by atoms with Crippen molar-refractivity contribution in [1.82, 2.24) is 4.90 Å². The first-order valence-electron chi connectivity index (χ1n) is 9.68. The van der Waals surface area contributed by atoms with Crippen molar-refractivity contribution in [1.29, 1.82) is 0 Å². The molecule has 1 saturated carbocycles. The van der Waals surface area contributed by atoms with Gasteiger partial charge in [-0.15, -0.1) is 0 Å². The molecule has 1 N–H and O–H groups in total. The van der Waals surface area contributed by atoms with Crippen LogP contribution in [0.3, 0.4) is 0 Å². The Labute approximate surface area is 159 Å². The van der Waals surface area contributed by atoms with Gasteiger partial charge in [-0.2, -0.15) is 5.06 Å². The molecule has 4 fully saturated rings. The van der Waals surface area contributed by atoms with Crippen molar-refractivity contribution in [3.8, 4) is 0 Å². The number of likely N-dealkylation sites (tertiary alicyclic amines) is 1. The number of aliphatic hydroxyl groups excluding tert-OH is 1. The summed E-state index contributed by atoms with van der Waals surface area (Å²) in [7, 11) is 3.54. The fraction of sp³-hybridized carbons (Fsp3) is 0.571. The lowest BCUT2D eigenvalue weighted by Gasteiger charge is -2.46. The number of benzene rings is 1. The number of hydrogen-bond acceptors (Lipinski definition) is 5. The molecule has 4 bridgehead atoms. The highest BCUT2D eigenvalue weighted by atomic mass is 16.7. The lowest BCUT2D eigenvalue weighted by atomic mass is 9.70. The molecule has 1 aromatic carbocycles. The number of anilines is 1. The predicted octanol–water partition coefficient (Wildman–Crippen LogP) is 1.49. The molecule has 1 aromatic rings. The summed E-state index contributed by atoms with van der Waals surface area (Å²) in [6.07, 6.45) is 1.73. The largest absolute Gasteiger partial charge is 0.390 e. The van der Waals surface area contributed by atoms with Crippen LogP contribution in [0.25, 0.3) is 0 Å². The van der Waals surface area contributed by atoms with Gasteiger partial charge in [0.15, 0.2) is 0 Å². The van der Waals surface area contributed by atoms with Gasteiger partial charge in [-0.05, 0) is 37.9 Å². The highest BCUT2D eigenvalue weighted by Gasteiger charge is 2.68. The molecule has 0 radical (unpaired) electrons. The summed E-state index contributed by atoms with van der Waals surface area (Å²) in [6.45, 7) is 3.48. The van der Waals surface area contributed by atoms with Crippen molar-refractivity contribution in [3.63, 3.8) is 0 Å². The minimum Gasteiger partial charge on any atom is -0.390 e. The van der Waals surface area contributed by atoms with Gasteiger partial charge in [0.05, 0.1) is 31.6 Å². The topological polar surface area (TPSA) is 62.2 Å². The summed E-state index contributed by atoms with van der Waals surface area (Å²) in [6, 6.07) is 7.51. The number of nitrogens with zero attached hydrogens (tertiary/aromatic N) is 2. The second-order valence-corrected chi connectivity index (χ2v) is 8.21. The average molecular weight is 370 g/mol. The van der Waals surface area contributed by atoms with Crippen LogP contribution >= 0.6 is 0 Å². The number of allylic oxidation sites excluding steroid dienone is 1. The van der Waals surface area contributed by atoms with Crippen molar-refractivity contribution < 1.29 is 19.5 Å². The molecule has 4 heterocycles. The average Bonchev–Trinajstić information content (AvgIpc) is 2.81. The van der Waals surface area contributed by atoms with Crippen molar-refractivity contribution in [2.45, 2.75) is 37.0 Å². The number of ether oxygens (including phenoxy) is 1. The van der Waals surface area contributed by atoms with E-state index in [0.717, 1.165) is 18.5 Å². The van der Waals surface area contributed by atoms with Crippen LogP contribution in [0.1, 0.15) is 18.9 Å². The Bertz CT molecular complexity index is 824. The third kappa shape index (κ3) is 1.96. The smallest absolute Gasteiger partial charge is 0.266 e. The van der Waals surface area contributed by atoms with E-state index >= 15 is 0 Å². The van der Waals surface area contributed by atoms with Crippen LogP contribution < -0.4 is 5.06 Å². The van der Waals surface area contributed by atoms with Crippen LogP contribution in [0, 0.1) is 11.8 Å². The Morgan fingerprint density at radius 3 is 2.89 bits per heavy atom. The van der Waals surface area contributed by atoms with E-state index in [1.807, 2.05) is 31.3 Å². The summed E-state index contributed by atoms with van der Waals surface area (Å²) < 4.78 is 6.29. The maximum Gasteiger partial charge on any atom is 0.266 e. The van der Waals surface area contributed by atoms with E-state index in [-0.39, 0.29) is 24.0 Å². The molecule has 3 saturated heterocycles. The molecule has 6 atom stereocenters. The van der Waals surface area contributed by atoms with Crippen molar-refractivity contribution in [2.24, 2.45) is 11.8 Å². The van der Waals surface area contributed by atoms with Gasteiger partial charge in [0.25, 0.3) is 5.91 Å². The molecule has 5 aliphatic rings. The maximum atomic E-state index is 13.7. The Morgan fingerprint density at radius 2 is 2.15 bits per heavy atom. The predicted molar refractivity (Wildman–Crippen MR) is 100 cm³/mol. The molecule has 6 rings (SSSR count). The number of carbonyl (C=O) groups excluding carboxylic acids is 1. The monoisotopic (exact) mass is 370 g/mol. The van der Waals surface area contributed by atoms with E-state index in [1.54, 1.807) is 0 Å². The first-order chi connectivity index (χ1) is 13.1. The number of likely N-dealkylation sites (N-methyl/N-ethyl adjacent to an activating group) is 1. The van der Waals surface area contributed by atoms with Crippen LogP contribution in [0.15, 0.2) is 35.9 Å². The molecule has 144 valence electrons. The highest BCUT2D eigenvalue weighted by Crippen LogP contribution is 2.57. The fourth-order valence-corrected chi connectivity index (χ4v) is 6.15. The van der Waals surface area contributed by atoms with E-state index in [0.29, 0.717) is 18.2 Å². The van der Waals surface area contributed by atoms with Crippen LogP contribution in [-0.4, -0.2) is 61.5 Å². The van der Waals surface area contributed by atoms with E-state index in [9.17, 15) is 9.90 Å². The molecule has 1 amide bonds. The van der Waals surface area contributed by atoms with E-state index in [2.05, 4.69) is 17.9 Å². The summed E-state index contributed by atoms with van der Waals surface area (Å²) in [5.74, 6) is 0.324. The van der Waals surface area contributed by atoms with Gasteiger partial charge < -0.3 is 9.84 Å². The Kier molecular flexibility index (Phi) is 3.78. The fourth-order valence-electron chi connectivity index (χ4n) is 6.15. The zero-order valence-corrected chi connectivity index (χ0v) is 16.0. The van der Waals surface area contributed by atoms with Gasteiger partial charge >= 0.3 is 0 Å². The second-order valence-electron chi connectivity index (χ2n) is 8.21. The summed E-state index contributed by atoms with van der Waals surface area (Å²) in [5.41, 5.74) is 1.79. The SMILES string of the molecule is C/C=C1\CN(C)[C@H]2[C@H]3CO[C@H](C[C@@H]13)[C@]1(C(=O)N(OC)c3ccccc31)[C@@H]2O. The molecule has 1 aliphatic carbocycles. The third-order valence-electron chi connectivity index (χ3n) is 7.29.